The van der Waals surface area contributed by atoms with E-state index in [1.807, 2.05) is 0 Å². The number of carbonyl (C=O) groups is 1. The molecule has 0 heterocycles. The van der Waals surface area contributed by atoms with E-state index in [1.54, 1.807) is 0 Å². The van der Waals surface area contributed by atoms with E-state index < -0.39 is 27.7 Å². The molecule has 0 atom stereocenters. The topological polar surface area (TPSA) is 88.6 Å². The Labute approximate surface area is 73.7 Å². The van der Waals surface area contributed by atoms with E-state index in [1.165, 1.54) is 0 Å². The Bertz CT molecular complexity index is 254. The van der Waals surface area contributed by atoms with Gasteiger partial charge in [-0.05, 0) is 0 Å². The van der Waals surface area contributed by atoms with Crippen molar-refractivity contribution in [1.29, 1.82) is 0 Å². The molecule has 0 radical (unpaired) electrons. The van der Waals surface area contributed by atoms with Gasteiger partial charge in [0, 0.05) is 6.92 Å². The molecule has 0 bridgehead atoms. The molecule has 0 aliphatic rings. The van der Waals surface area contributed by atoms with Crippen molar-refractivity contribution in [2.45, 2.75) is 6.92 Å². The van der Waals surface area contributed by atoms with Crippen LogP contribution in [-0.4, -0.2) is 26.5 Å². The Hall–Kier alpha value is -0.890. The molecule has 0 rings (SSSR count). The molecule has 1 amide bonds. The largest absolute Gasteiger partial charge is 0.273 e. The number of amides is 1. The van der Waals surface area contributed by atoms with Crippen molar-refractivity contribution < 1.29 is 21.6 Å². The summed E-state index contributed by atoms with van der Waals surface area (Å²) < 4.78 is 39.5. The maximum absolute atomic E-state index is 10.2. The lowest BCUT2D eigenvalue weighted by Crippen LogP contribution is -2.24. The lowest BCUT2D eigenvalue weighted by atomic mass is 10.8. The lowest BCUT2D eigenvalue weighted by Gasteiger charge is -2.00. The van der Waals surface area contributed by atoms with E-state index in [0.29, 0.717) is 0 Å². The number of hydrogen-bond acceptors (Lipinski definition) is 5. The molecule has 0 aromatic rings. The van der Waals surface area contributed by atoms with E-state index in [0.717, 1.165) is 6.92 Å². The second-order valence-electron chi connectivity index (χ2n) is 1.28. The molecule has 0 N–H and O–H groups in total. The molecule has 0 spiro atoms. The molecule has 0 fully saturated rings. The second-order valence-corrected chi connectivity index (χ2v) is 3.35. The van der Waals surface area contributed by atoms with Crippen molar-refractivity contribution in [2.24, 2.45) is 0 Å². The van der Waals surface area contributed by atoms with Crippen molar-refractivity contribution in [3.05, 3.63) is 13.2 Å². The first-order valence-electron chi connectivity index (χ1n) is 2.56. The van der Waals surface area contributed by atoms with Crippen LogP contribution in [0.4, 0.5) is 0 Å². The smallest absolute Gasteiger partial charge is 0.246 e. The summed E-state index contributed by atoms with van der Waals surface area (Å²) in [5.74, 6) is -1.03. The molecule has 0 aromatic carbocycles. The van der Waals surface area contributed by atoms with Crippen LogP contribution in [0.2, 0.25) is 0 Å². The summed E-state index contributed by atoms with van der Waals surface area (Å²) in [7, 11) is -6.71. The zero-order chi connectivity index (χ0) is 10.3. The highest BCUT2D eigenvalue weighted by Crippen LogP contribution is 1.87. The van der Waals surface area contributed by atoms with Crippen LogP contribution in [0.3, 0.4) is 0 Å². The van der Waals surface area contributed by atoms with Crippen molar-refractivity contribution in [3.63, 3.8) is 0 Å². The second kappa shape index (κ2) is 6.80. The van der Waals surface area contributed by atoms with Gasteiger partial charge < -0.3 is 0 Å². The van der Waals surface area contributed by atoms with Gasteiger partial charge in [0.05, 0.1) is 0 Å². The van der Waals surface area contributed by atoms with Crippen LogP contribution in [0.5, 0.6) is 0 Å². The summed E-state index contributed by atoms with van der Waals surface area (Å²) >= 11 is 0. The summed E-state index contributed by atoms with van der Waals surface area (Å²) in [6.07, 6.45) is 0. The number of hydrogen-bond donors (Lipinski definition) is 2. The normalized spacial score (nSPS) is 8.92. The van der Waals surface area contributed by atoms with E-state index in [2.05, 4.69) is 13.2 Å². The third-order valence-corrected chi connectivity index (χ3v) is 2.65. The van der Waals surface area contributed by atoms with Crippen LogP contribution < -0.4 is 0 Å². The van der Waals surface area contributed by atoms with E-state index in [9.17, 15) is 21.6 Å². The predicted octanol–water partition coefficient (Wildman–Crippen LogP) is -1.31. The fourth-order valence-electron chi connectivity index (χ4n) is 0.290. The lowest BCUT2D eigenvalue weighted by molar-refractivity contribution is -0.120. The summed E-state index contributed by atoms with van der Waals surface area (Å²) in [5.41, 5.74) is 0. The number of nitrogens with zero attached hydrogens (tertiary/aromatic N) is 1. The van der Waals surface area contributed by atoms with Crippen molar-refractivity contribution >= 4 is 27.7 Å². The summed E-state index contributed by atoms with van der Waals surface area (Å²) in [5, 5.41) is 0. The Morgan fingerprint density at radius 2 is 1.33 bits per heavy atom. The highest BCUT2D eigenvalue weighted by atomic mass is 32.2. The molecule has 8 heteroatoms. The molecular weight excluding hydrogens is 206 g/mol. The summed E-state index contributed by atoms with van der Waals surface area (Å²) in [6, 6.07) is 0. The molecule has 12 heavy (non-hydrogen) atoms. The van der Waals surface area contributed by atoms with Crippen LogP contribution in [0, 0.1) is 0 Å². The van der Waals surface area contributed by atoms with Gasteiger partial charge >= 0.3 is 0 Å². The Balaban J connectivity index is 0. The van der Waals surface area contributed by atoms with Gasteiger partial charge in [0.1, 0.15) is 0 Å². The van der Waals surface area contributed by atoms with Crippen LogP contribution in [0.1, 0.15) is 6.92 Å². The minimum atomic E-state index is -3.36. The Morgan fingerprint density at radius 3 is 1.33 bits per heavy atom. The highest BCUT2D eigenvalue weighted by molar-refractivity contribution is 7.86. The first-order chi connectivity index (χ1) is 5.46. The standard InChI is InChI=1S/C2H5NO5S2.C2H4/c1-2(4)3(9(5)6)10(7)8;1-2/h9-10H,1H3;1-2H2. The van der Waals surface area contributed by atoms with Crippen LogP contribution in [0.15, 0.2) is 13.2 Å². The quantitative estimate of drug-likeness (QED) is 0.441. The fourth-order valence-corrected chi connectivity index (χ4v) is 1.23. The van der Waals surface area contributed by atoms with E-state index in [-0.39, 0.29) is 3.71 Å². The highest BCUT2D eigenvalue weighted by Gasteiger charge is 2.11. The summed E-state index contributed by atoms with van der Waals surface area (Å²) in [4.78, 5) is 10.2. The van der Waals surface area contributed by atoms with Gasteiger partial charge in [-0.25, -0.2) is 16.8 Å². The molecule has 6 nitrogen and oxygen atoms in total. The van der Waals surface area contributed by atoms with Gasteiger partial charge in [-0.15, -0.1) is 16.9 Å². The van der Waals surface area contributed by atoms with Gasteiger partial charge in [-0.2, -0.15) is 0 Å². The van der Waals surface area contributed by atoms with Crippen LogP contribution >= 0.6 is 0 Å². The average Bonchev–Trinajstić information content (AvgIpc) is 1.88. The number of thiol groups is 2. The number of rotatable bonds is 2. The molecular formula is C4H9NO5S2. The van der Waals surface area contributed by atoms with Crippen molar-refractivity contribution in [2.75, 3.05) is 0 Å². The molecule has 0 saturated carbocycles. The summed E-state index contributed by atoms with van der Waals surface area (Å²) in [6.45, 7) is 6.84. The molecule has 0 unspecified atom stereocenters. The monoisotopic (exact) mass is 215 g/mol. The van der Waals surface area contributed by atoms with Crippen molar-refractivity contribution in [3.8, 4) is 0 Å². The van der Waals surface area contributed by atoms with E-state index >= 15 is 0 Å². The van der Waals surface area contributed by atoms with Crippen LogP contribution in [0.25, 0.3) is 0 Å². The van der Waals surface area contributed by atoms with Crippen LogP contribution in [-0.2, 0) is 26.6 Å². The first kappa shape index (κ1) is 13.7. The molecule has 0 saturated heterocycles. The fraction of sp³-hybridized carbons (Fsp3) is 0.250. The SMILES string of the molecule is C=C.CC(=O)N([SH](=O)=O)[SH](=O)=O. The molecule has 0 aliphatic carbocycles. The van der Waals surface area contributed by atoms with Gasteiger partial charge in [0.2, 0.25) is 27.7 Å². The van der Waals surface area contributed by atoms with Gasteiger partial charge in [-0.3, -0.25) is 4.79 Å². The van der Waals surface area contributed by atoms with Crippen molar-refractivity contribution in [1.82, 2.24) is 3.71 Å². The first-order valence-corrected chi connectivity index (χ1v) is 4.82. The maximum atomic E-state index is 10.2. The minimum Gasteiger partial charge on any atom is -0.273 e. The molecule has 0 aromatic heterocycles. The van der Waals surface area contributed by atoms with Gasteiger partial charge in [-0.1, -0.05) is 0 Å². The maximum Gasteiger partial charge on any atom is 0.246 e. The van der Waals surface area contributed by atoms with Gasteiger partial charge in [0.15, 0.2) is 0 Å². The Kier molecular flexibility index (Phi) is 7.75. The van der Waals surface area contributed by atoms with Gasteiger partial charge in [0.25, 0.3) is 0 Å². The Morgan fingerprint density at radius 1 is 1.08 bits per heavy atom. The molecule has 0 aliphatic heterocycles. The molecule has 72 valence electrons. The minimum absolute atomic E-state index is 0.231. The third kappa shape index (κ3) is 4.85. The zero-order valence-corrected chi connectivity index (χ0v) is 8.09. The number of carbonyl (C=O) groups excluding carboxylic acids is 1. The zero-order valence-electron chi connectivity index (χ0n) is 6.30. The third-order valence-electron chi connectivity index (χ3n) is 0.591. The average molecular weight is 215 g/mol. The van der Waals surface area contributed by atoms with E-state index in [4.69, 9.17) is 0 Å². The predicted molar refractivity (Wildman–Crippen MR) is 44.4 cm³/mol.